The fourth-order valence-corrected chi connectivity index (χ4v) is 0.561. The molecule has 0 aromatic heterocycles. The maximum Gasteiger partial charge on any atom is 0 e. The van der Waals surface area contributed by atoms with Crippen LogP contribution in [0.3, 0.4) is 0 Å². The van der Waals surface area contributed by atoms with Crippen molar-refractivity contribution in [3.05, 3.63) is 0 Å². The largest absolute Gasteiger partial charge is 0 e. The number of nitrogens with zero attached hydrogens (tertiary/aromatic N) is 4. The van der Waals surface area contributed by atoms with Crippen LogP contribution in [0, 0.1) is 39.2 Å². The Morgan fingerprint density at radius 2 is 0.900 bits per heavy atom. The summed E-state index contributed by atoms with van der Waals surface area (Å²) >= 11 is -3.58. The smallest absolute Gasteiger partial charge is 0 e. The Kier molecular flexibility index (Phi) is 6.66. The van der Waals surface area contributed by atoms with Gasteiger partial charge in [-0.05, 0) is 0 Å². The molecule has 0 aliphatic heterocycles. The Labute approximate surface area is 83.6 Å². The molecule has 10 heavy (non-hydrogen) atoms. The molecule has 0 fully saturated rings. The Morgan fingerprint density at radius 3 is 0.900 bits per heavy atom. The van der Waals surface area contributed by atoms with E-state index in [0.717, 1.165) is 0 Å². The normalized spacial score (nSPS) is 8.40. The number of hydrogen-bond donors (Lipinski definition) is 0. The minimum absolute atomic E-state index is 0. The maximum atomic E-state index is 8.13. The second-order valence-corrected chi connectivity index (χ2v) is 4.48. The second-order valence-electron chi connectivity index (χ2n) is 0.757. The van der Waals surface area contributed by atoms with Crippen LogP contribution in [0.2, 0.25) is 0 Å². The summed E-state index contributed by atoms with van der Waals surface area (Å²) in [6.45, 7) is 0. The van der Waals surface area contributed by atoms with Gasteiger partial charge in [-0.2, -0.15) is 0 Å². The first kappa shape index (κ1) is 12.3. The monoisotopic (exact) mass is 233 g/mol. The summed E-state index contributed by atoms with van der Waals surface area (Å²) in [6, 6.07) is 0. The van der Waals surface area contributed by atoms with Gasteiger partial charge in [-0.25, -0.2) is 0 Å². The summed E-state index contributed by atoms with van der Waals surface area (Å²) in [5.74, 6) is 0. The fraction of sp³-hybridized carbons (Fsp3) is 0. The van der Waals surface area contributed by atoms with E-state index in [1.165, 1.54) is 18.2 Å². The van der Waals surface area contributed by atoms with Crippen molar-refractivity contribution in [1.82, 2.24) is 0 Å². The van der Waals surface area contributed by atoms with Gasteiger partial charge in [-0.1, -0.05) is 0 Å². The third kappa shape index (κ3) is 2.47. The number of hydrogen-bond acceptors (Lipinski definition) is 4. The van der Waals surface area contributed by atoms with Crippen LogP contribution in [0.25, 0.3) is 0 Å². The summed E-state index contributed by atoms with van der Waals surface area (Å²) in [4.78, 5) is 0. The van der Waals surface area contributed by atoms with Crippen LogP contribution in [-0.2, 0) is 15.5 Å². The minimum atomic E-state index is -3.58. The van der Waals surface area contributed by atoms with Crippen LogP contribution in [0.1, 0.15) is 0 Å². The van der Waals surface area contributed by atoms with E-state index in [4.69, 9.17) is 21.0 Å². The van der Waals surface area contributed by atoms with Crippen LogP contribution < -0.4 is 0 Å². The van der Waals surface area contributed by atoms with Gasteiger partial charge in [-0.15, -0.1) is 0 Å². The molecule has 4 nitrogen and oxygen atoms in total. The molecule has 0 atom stereocenters. The number of nitriles is 4. The molecular formula is C4N4NaPd. The van der Waals surface area contributed by atoms with Gasteiger partial charge in [0.2, 0.25) is 0 Å². The zero-order valence-electron chi connectivity index (χ0n) is 5.11. The third-order valence-electron chi connectivity index (χ3n) is 0.424. The Bertz CT molecular complexity index is 210. The van der Waals surface area contributed by atoms with Gasteiger partial charge in [-0.3, -0.25) is 0 Å². The van der Waals surface area contributed by atoms with Crippen molar-refractivity contribution >= 4 is 29.6 Å². The van der Waals surface area contributed by atoms with Crippen molar-refractivity contribution < 1.29 is 15.5 Å². The summed E-state index contributed by atoms with van der Waals surface area (Å²) in [7, 11) is 0. The van der Waals surface area contributed by atoms with E-state index in [1.54, 1.807) is 0 Å². The summed E-state index contributed by atoms with van der Waals surface area (Å²) in [5.41, 5.74) is 0. The van der Waals surface area contributed by atoms with Gasteiger partial charge in [0.1, 0.15) is 0 Å². The molecular weight excluding hydrogens is 233 g/mol. The van der Waals surface area contributed by atoms with Crippen molar-refractivity contribution in [2.75, 3.05) is 0 Å². The minimum Gasteiger partial charge on any atom is 0 e. The Morgan fingerprint density at radius 1 is 0.700 bits per heavy atom. The average molecular weight is 233 g/mol. The maximum absolute atomic E-state index is 8.13. The molecule has 0 N–H and O–H groups in total. The Hall–Kier alpha value is -0.378. The zero-order valence-corrected chi connectivity index (χ0v) is 8.66. The fourth-order valence-electron chi connectivity index (χ4n) is 0.0949. The van der Waals surface area contributed by atoms with Crippen LogP contribution in [0.5, 0.6) is 0 Å². The Balaban J connectivity index is 0. The molecule has 0 amide bonds. The van der Waals surface area contributed by atoms with Gasteiger partial charge >= 0.3 is 54.8 Å². The summed E-state index contributed by atoms with van der Waals surface area (Å²) in [6.07, 6.45) is 0. The SMILES string of the molecule is N#[C][Pd]([C]#N)([C]#N)[C]#N.[Na]. The van der Waals surface area contributed by atoms with Crippen molar-refractivity contribution in [3.63, 3.8) is 0 Å². The van der Waals surface area contributed by atoms with Crippen molar-refractivity contribution in [1.29, 1.82) is 21.0 Å². The molecule has 0 aromatic carbocycles. The predicted molar refractivity (Wildman–Crippen MR) is 28.2 cm³/mol. The quantitative estimate of drug-likeness (QED) is 0.536. The van der Waals surface area contributed by atoms with E-state index >= 15 is 0 Å². The van der Waals surface area contributed by atoms with E-state index in [9.17, 15) is 0 Å². The van der Waals surface area contributed by atoms with Gasteiger partial charge in [0.25, 0.3) is 0 Å². The third-order valence-corrected chi connectivity index (χ3v) is 2.51. The molecule has 0 saturated carbocycles. The van der Waals surface area contributed by atoms with Gasteiger partial charge in [0.15, 0.2) is 0 Å². The van der Waals surface area contributed by atoms with Gasteiger partial charge in [0.05, 0.1) is 0 Å². The average Bonchev–Trinajstić information content (AvgIpc) is 1.95. The molecule has 0 aliphatic carbocycles. The molecule has 0 heterocycles. The first-order valence-corrected chi connectivity index (χ1v) is 4.64. The molecule has 0 spiro atoms. The van der Waals surface area contributed by atoms with Gasteiger partial charge in [0, 0.05) is 29.6 Å². The van der Waals surface area contributed by atoms with Crippen molar-refractivity contribution in [2.24, 2.45) is 0 Å². The van der Waals surface area contributed by atoms with E-state index in [-0.39, 0.29) is 29.6 Å². The van der Waals surface area contributed by atoms with E-state index in [2.05, 4.69) is 0 Å². The zero-order chi connectivity index (χ0) is 7.33. The second kappa shape index (κ2) is 5.41. The van der Waals surface area contributed by atoms with E-state index in [0.29, 0.717) is 0 Å². The van der Waals surface area contributed by atoms with Crippen LogP contribution in [0.4, 0.5) is 0 Å². The molecule has 47 valence electrons. The molecule has 0 saturated heterocycles. The van der Waals surface area contributed by atoms with E-state index in [1.807, 2.05) is 0 Å². The summed E-state index contributed by atoms with van der Waals surface area (Å²) < 4.78 is 5.72. The molecule has 0 bridgehead atoms. The predicted octanol–water partition coefficient (Wildman–Crippen LogP) is -0.316. The molecule has 1 radical (unpaired) electrons. The molecule has 0 aromatic rings. The van der Waals surface area contributed by atoms with Crippen molar-refractivity contribution in [2.45, 2.75) is 0 Å². The van der Waals surface area contributed by atoms with Crippen molar-refractivity contribution in [3.8, 4) is 18.2 Å². The molecule has 0 unspecified atom stereocenters. The molecule has 0 rings (SSSR count). The number of rotatable bonds is 0. The first-order chi connectivity index (χ1) is 4.24. The van der Waals surface area contributed by atoms with Gasteiger partial charge < -0.3 is 0 Å². The standard InChI is InChI=1S/4CN.Na.Pd/c4*1-2;;. The topological polar surface area (TPSA) is 95.2 Å². The molecule has 0 aliphatic rings. The molecule has 6 heteroatoms. The van der Waals surface area contributed by atoms with Crippen LogP contribution >= 0.6 is 0 Å². The first-order valence-electron chi connectivity index (χ1n) is 1.53. The van der Waals surface area contributed by atoms with Crippen LogP contribution in [-0.4, -0.2) is 29.6 Å². The summed E-state index contributed by atoms with van der Waals surface area (Å²) in [5, 5.41) is 32.5. The van der Waals surface area contributed by atoms with E-state index < -0.39 is 15.5 Å². The van der Waals surface area contributed by atoms with Crippen LogP contribution in [0.15, 0.2) is 0 Å².